The molecule has 2 aromatic rings. The molecule has 0 unspecified atom stereocenters. The lowest BCUT2D eigenvalue weighted by molar-refractivity contribution is -0.380. The van der Waals surface area contributed by atoms with E-state index in [0.717, 1.165) is 23.6 Å². The van der Waals surface area contributed by atoms with Crippen LogP contribution in [0, 0.1) is 10.1 Å². The van der Waals surface area contributed by atoms with Crippen LogP contribution in [0.1, 0.15) is 10.6 Å². The molecular weight excluding hydrogens is 295 g/mol. The summed E-state index contributed by atoms with van der Waals surface area (Å²) < 4.78 is 36.9. The maximum Gasteiger partial charge on any atom is 0.433 e. The van der Waals surface area contributed by atoms with Gasteiger partial charge in [-0.3, -0.25) is 10.1 Å². The highest BCUT2D eigenvalue weighted by atomic mass is 32.1. The molecule has 0 radical (unpaired) electrons. The Morgan fingerprint density at radius 1 is 1.30 bits per heavy atom. The van der Waals surface area contributed by atoms with Gasteiger partial charge in [-0.1, -0.05) is 11.3 Å². The fourth-order valence-electron chi connectivity index (χ4n) is 1.42. The van der Waals surface area contributed by atoms with Gasteiger partial charge in [0.15, 0.2) is 0 Å². The highest BCUT2D eigenvalue weighted by molar-refractivity contribution is 7.15. The minimum absolute atomic E-state index is 0.0207. The van der Waals surface area contributed by atoms with Gasteiger partial charge in [0.05, 0.1) is 16.8 Å². The summed E-state index contributed by atoms with van der Waals surface area (Å²) in [4.78, 5) is 14.0. The molecule has 0 amide bonds. The topological polar surface area (TPSA) is 68.1 Å². The van der Waals surface area contributed by atoms with Gasteiger partial charge < -0.3 is 5.32 Å². The van der Waals surface area contributed by atoms with E-state index in [2.05, 4.69) is 10.3 Å². The molecule has 1 N–H and O–H groups in total. The van der Waals surface area contributed by atoms with Crippen molar-refractivity contribution in [3.05, 3.63) is 51.1 Å². The molecule has 2 aromatic heterocycles. The lowest BCUT2D eigenvalue weighted by atomic mass is 10.3. The summed E-state index contributed by atoms with van der Waals surface area (Å²) in [6.07, 6.45) is -3.39. The second kappa shape index (κ2) is 5.45. The van der Waals surface area contributed by atoms with E-state index in [0.29, 0.717) is 10.6 Å². The van der Waals surface area contributed by atoms with Gasteiger partial charge in [0.1, 0.15) is 5.69 Å². The van der Waals surface area contributed by atoms with Gasteiger partial charge in [-0.2, -0.15) is 13.2 Å². The third-order valence-corrected chi connectivity index (χ3v) is 3.38. The Morgan fingerprint density at radius 3 is 2.55 bits per heavy atom. The Balaban J connectivity index is 1.98. The summed E-state index contributed by atoms with van der Waals surface area (Å²) in [5.74, 6) is 0. The summed E-state index contributed by atoms with van der Waals surface area (Å²) in [6, 6.07) is 5.11. The first-order valence-corrected chi connectivity index (χ1v) is 6.18. The first-order valence-electron chi connectivity index (χ1n) is 5.36. The molecule has 2 heterocycles. The molecule has 0 atom stereocenters. The normalized spacial score (nSPS) is 11.3. The number of nitrogens with one attached hydrogen (secondary N) is 1. The van der Waals surface area contributed by atoms with Crippen molar-refractivity contribution in [3.8, 4) is 0 Å². The van der Waals surface area contributed by atoms with Crippen molar-refractivity contribution in [1.29, 1.82) is 0 Å². The molecule has 0 aliphatic heterocycles. The first kappa shape index (κ1) is 14.3. The van der Waals surface area contributed by atoms with E-state index in [1.807, 2.05) is 0 Å². The smallest absolute Gasteiger partial charge is 0.379 e. The molecule has 0 saturated carbocycles. The van der Waals surface area contributed by atoms with Crippen LogP contribution < -0.4 is 5.32 Å². The second-order valence-corrected chi connectivity index (χ2v) is 4.93. The Bertz CT molecular complexity index is 610. The van der Waals surface area contributed by atoms with E-state index in [-0.39, 0.29) is 11.5 Å². The zero-order valence-electron chi connectivity index (χ0n) is 9.85. The minimum atomic E-state index is -4.47. The van der Waals surface area contributed by atoms with E-state index < -0.39 is 16.8 Å². The van der Waals surface area contributed by atoms with E-state index in [1.165, 1.54) is 12.1 Å². The van der Waals surface area contributed by atoms with Crippen LogP contribution in [0.15, 0.2) is 30.5 Å². The maximum atomic E-state index is 12.3. The van der Waals surface area contributed by atoms with E-state index >= 15 is 0 Å². The number of rotatable bonds is 4. The molecule has 0 aliphatic carbocycles. The van der Waals surface area contributed by atoms with Crippen molar-refractivity contribution >= 4 is 22.0 Å². The van der Waals surface area contributed by atoms with Crippen LogP contribution in [0.4, 0.5) is 23.9 Å². The zero-order chi connectivity index (χ0) is 14.8. The summed E-state index contributed by atoms with van der Waals surface area (Å²) in [7, 11) is 0. The number of anilines is 1. The van der Waals surface area contributed by atoms with Gasteiger partial charge in [0, 0.05) is 17.5 Å². The molecule has 0 spiro atoms. The molecule has 0 aliphatic rings. The summed E-state index contributed by atoms with van der Waals surface area (Å²) in [5, 5.41) is 13.4. The fourth-order valence-corrected chi connectivity index (χ4v) is 2.17. The maximum absolute atomic E-state index is 12.3. The monoisotopic (exact) mass is 303 g/mol. The number of nitrogens with zero attached hydrogens (tertiary/aromatic N) is 2. The number of aromatic nitrogens is 1. The highest BCUT2D eigenvalue weighted by Gasteiger charge is 2.31. The van der Waals surface area contributed by atoms with Crippen molar-refractivity contribution in [1.82, 2.24) is 4.98 Å². The van der Waals surface area contributed by atoms with Gasteiger partial charge >= 0.3 is 11.2 Å². The number of thiophene rings is 1. The van der Waals surface area contributed by atoms with Gasteiger partial charge in [-0.05, 0) is 18.2 Å². The minimum Gasteiger partial charge on any atom is -0.379 e. The van der Waals surface area contributed by atoms with Crippen molar-refractivity contribution in [2.45, 2.75) is 12.7 Å². The molecular formula is C11H8F3N3O2S. The molecule has 9 heteroatoms. The molecule has 106 valence electrons. The van der Waals surface area contributed by atoms with E-state index in [1.54, 1.807) is 6.07 Å². The Hall–Kier alpha value is -2.16. The average molecular weight is 303 g/mol. The lowest BCUT2D eigenvalue weighted by Crippen LogP contribution is -2.08. The van der Waals surface area contributed by atoms with Crippen molar-refractivity contribution < 1.29 is 18.1 Å². The first-order chi connectivity index (χ1) is 9.36. The lowest BCUT2D eigenvalue weighted by Gasteiger charge is -2.07. The second-order valence-electron chi connectivity index (χ2n) is 3.78. The summed E-state index contributed by atoms with van der Waals surface area (Å²) in [6.45, 7) is 0.283. The van der Waals surface area contributed by atoms with Crippen LogP contribution in [-0.4, -0.2) is 9.91 Å². The summed E-state index contributed by atoms with van der Waals surface area (Å²) >= 11 is 1.01. The van der Waals surface area contributed by atoms with Crippen molar-refractivity contribution in [2.75, 3.05) is 5.32 Å². The Morgan fingerprint density at radius 2 is 2.05 bits per heavy atom. The van der Waals surface area contributed by atoms with Gasteiger partial charge in [-0.25, -0.2) is 4.98 Å². The molecule has 0 saturated heterocycles. The van der Waals surface area contributed by atoms with Crippen LogP contribution >= 0.6 is 11.3 Å². The molecule has 20 heavy (non-hydrogen) atoms. The quantitative estimate of drug-likeness (QED) is 0.691. The standard InChI is InChI=1S/C11H8F3N3O2S/c12-11(13,14)9-3-1-7(5-16-9)15-6-8-2-4-10(20-8)17(18)19/h1-5,15H,6H2. The number of hydrogen-bond donors (Lipinski definition) is 1. The van der Waals surface area contributed by atoms with E-state index in [4.69, 9.17) is 0 Å². The molecule has 5 nitrogen and oxygen atoms in total. The van der Waals surface area contributed by atoms with Gasteiger partial charge in [0.2, 0.25) is 0 Å². The number of halogens is 3. The highest BCUT2D eigenvalue weighted by Crippen LogP contribution is 2.28. The van der Waals surface area contributed by atoms with Crippen LogP contribution in [0.2, 0.25) is 0 Å². The van der Waals surface area contributed by atoms with Crippen LogP contribution in [-0.2, 0) is 12.7 Å². The molecule has 0 bridgehead atoms. The van der Waals surface area contributed by atoms with E-state index in [9.17, 15) is 23.3 Å². The van der Waals surface area contributed by atoms with Crippen molar-refractivity contribution in [3.63, 3.8) is 0 Å². The van der Waals surface area contributed by atoms with Crippen LogP contribution in [0.25, 0.3) is 0 Å². The zero-order valence-corrected chi connectivity index (χ0v) is 10.7. The number of alkyl halides is 3. The Labute approximate surface area is 115 Å². The molecule has 0 aromatic carbocycles. The average Bonchev–Trinajstić information content (AvgIpc) is 2.85. The van der Waals surface area contributed by atoms with Gasteiger partial charge in [0.25, 0.3) is 0 Å². The largest absolute Gasteiger partial charge is 0.433 e. The molecule has 2 rings (SSSR count). The SMILES string of the molecule is O=[N+]([O-])c1ccc(CNc2ccc(C(F)(F)F)nc2)s1. The third-order valence-electron chi connectivity index (χ3n) is 2.35. The number of hydrogen-bond acceptors (Lipinski definition) is 5. The summed E-state index contributed by atoms with van der Waals surface area (Å²) in [5.41, 5.74) is -0.552. The van der Waals surface area contributed by atoms with Crippen molar-refractivity contribution in [2.24, 2.45) is 0 Å². The third kappa shape index (κ3) is 3.44. The van der Waals surface area contributed by atoms with Crippen LogP contribution in [0.3, 0.4) is 0 Å². The predicted octanol–water partition coefficient (Wildman–Crippen LogP) is 3.68. The number of pyridine rings is 1. The number of nitro groups is 1. The Kier molecular flexibility index (Phi) is 3.89. The van der Waals surface area contributed by atoms with Crippen LogP contribution in [0.5, 0.6) is 0 Å². The predicted molar refractivity (Wildman–Crippen MR) is 67.5 cm³/mol. The van der Waals surface area contributed by atoms with Gasteiger partial charge in [-0.15, -0.1) is 0 Å². The molecule has 0 fully saturated rings. The fraction of sp³-hybridized carbons (Fsp3) is 0.182.